The van der Waals surface area contributed by atoms with Crippen molar-refractivity contribution < 1.29 is 14.7 Å². The number of carbonyl (C=O) groups is 2. The van der Waals surface area contributed by atoms with Crippen LogP contribution in [0, 0.1) is 6.92 Å². The number of nitrogens with zero attached hydrogens (tertiary/aromatic N) is 1. The van der Waals surface area contributed by atoms with Crippen molar-refractivity contribution in [3.8, 4) is 0 Å². The number of amides is 2. The predicted octanol–water partition coefficient (Wildman–Crippen LogP) is 2.21. The highest BCUT2D eigenvalue weighted by Crippen LogP contribution is 2.36. The molecule has 0 saturated heterocycles. The van der Waals surface area contributed by atoms with Crippen LogP contribution in [0.5, 0.6) is 0 Å². The Morgan fingerprint density at radius 1 is 1.14 bits per heavy atom. The second kappa shape index (κ2) is 6.45. The number of aliphatic hydroxyl groups is 1. The van der Waals surface area contributed by atoms with Gasteiger partial charge in [-0.1, -0.05) is 29.8 Å². The van der Waals surface area contributed by atoms with Gasteiger partial charge in [0.1, 0.15) is 0 Å². The smallest absolute Gasteiger partial charge is 0.268 e. The molecule has 1 N–H and O–H groups in total. The number of benzene rings is 1. The van der Waals surface area contributed by atoms with Crippen LogP contribution in [-0.4, -0.2) is 40.2 Å². The number of hydrogen-bond donors (Lipinski definition) is 1. The fraction of sp³-hybridized carbons (Fsp3) is 0.375. The maximum atomic E-state index is 12.6. The second-order valence-electron chi connectivity index (χ2n) is 5.22. The van der Waals surface area contributed by atoms with E-state index in [9.17, 15) is 9.59 Å². The molecule has 0 atom stereocenters. The summed E-state index contributed by atoms with van der Waals surface area (Å²) in [7, 11) is 0. The quantitative estimate of drug-likeness (QED) is 0.847. The average Bonchev–Trinajstić information content (AvgIpc) is 2.68. The van der Waals surface area contributed by atoms with E-state index in [0.717, 1.165) is 11.1 Å². The topological polar surface area (TPSA) is 57.6 Å². The Kier molecular flexibility index (Phi) is 4.85. The van der Waals surface area contributed by atoms with E-state index in [1.807, 2.05) is 45.0 Å². The maximum absolute atomic E-state index is 12.6. The number of carbonyl (C=O) groups excluding carboxylic acids is 2. The van der Waals surface area contributed by atoms with Crippen molar-refractivity contribution in [1.29, 1.82) is 0 Å². The van der Waals surface area contributed by atoms with Gasteiger partial charge in [-0.25, -0.2) is 0 Å². The highest BCUT2D eigenvalue weighted by atomic mass is 32.2. The molecule has 21 heavy (non-hydrogen) atoms. The summed E-state index contributed by atoms with van der Waals surface area (Å²) in [6.07, 6.45) is 0. The van der Waals surface area contributed by atoms with E-state index in [1.54, 1.807) is 0 Å². The number of thioether (sulfide) groups is 1. The van der Waals surface area contributed by atoms with Gasteiger partial charge in [-0.15, -0.1) is 11.8 Å². The molecule has 2 amide bonds. The molecule has 4 nitrogen and oxygen atoms in total. The van der Waals surface area contributed by atoms with E-state index in [-0.39, 0.29) is 24.5 Å². The van der Waals surface area contributed by atoms with Crippen LogP contribution >= 0.6 is 11.8 Å². The van der Waals surface area contributed by atoms with Gasteiger partial charge in [0.05, 0.1) is 17.1 Å². The van der Waals surface area contributed by atoms with Gasteiger partial charge in [0.25, 0.3) is 11.8 Å². The lowest BCUT2D eigenvalue weighted by molar-refractivity contribution is -0.138. The van der Waals surface area contributed by atoms with E-state index in [2.05, 4.69) is 0 Å². The van der Waals surface area contributed by atoms with Gasteiger partial charge in [-0.2, -0.15) is 0 Å². The molecule has 1 heterocycles. The lowest BCUT2D eigenvalue weighted by Crippen LogP contribution is -2.37. The van der Waals surface area contributed by atoms with Crippen molar-refractivity contribution in [3.63, 3.8) is 0 Å². The highest BCUT2D eigenvalue weighted by Gasteiger charge is 2.40. The Hall–Kier alpha value is -1.59. The molecule has 1 aromatic carbocycles. The Balaban J connectivity index is 2.48. The number of aliphatic hydroxyl groups excluding tert-OH is 1. The van der Waals surface area contributed by atoms with E-state index >= 15 is 0 Å². The van der Waals surface area contributed by atoms with Crippen molar-refractivity contribution in [1.82, 2.24) is 4.90 Å². The van der Waals surface area contributed by atoms with Gasteiger partial charge in [0.2, 0.25) is 0 Å². The van der Waals surface area contributed by atoms with Crippen LogP contribution in [0.15, 0.2) is 29.2 Å². The molecule has 2 rings (SSSR count). The van der Waals surface area contributed by atoms with Crippen LogP contribution in [-0.2, 0) is 9.59 Å². The zero-order valence-electron chi connectivity index (χ0n) is 12.4. The molecule has 0 radical (unpaired) electrons. The Morgan fingerprint density at radius 3 is 2.29 bits per heavy atom. The van der Waals surface area contributed by atoms with Gasteiger partial charge in [0, 0.05) is 11.8 Å². The standard InChI is InChI=1S/C16H19NO3S/c1-10(2)17-15(19)13(12-6-4-11(3)5-7-12)14(16(17)20)21-9-8-18/h4-7,10,18H,8-9H2,1-3H3. The molecule has 0 fully saturated rings. The van der Waals surface area contributed by atoms with E-state index in [1.165, 1.54) is 16.7 Å². The first-order valence-electron chi connectivity index (χ1n) is 6.90. The summed E-state index contributed by atoms with van der Waals surface area (Å²) in [5, 5.41) is 8.99. The number of hydrogen-bond acceptors (Lipinski definition) is 4. The first-order valence-corrected chi connectivity index (χ1v) is 7.88. The Bertz CT molecular complexity index is 590. The zero-order chi connectivity index (χ0) is 15.6. The van der Waals surface area contributed by atoms with Crippen molar-refractivity contribution in [2.45, 2.75) is 26.8 Å². The normalized spacial score (nSPS) is 15.6. The monoisotopic (exact) mass is 305 g/mol. The molecule has 0 aliphatic carbocycles. The fourth-order valence-corrected chi connectivity index (χ4v) is 3.12. The molecule has 1 aromatic rings. The Morgan fingerprint density at radius 2 is 1.76 bits per heavy atom. The lowest BCUT2D eigenvalue weighted by Gasteiger charge is -2.19. The third kappa shape index (κ3) is 3.04. The minimum absolute atomic E-state index is 0.0293. The SMILES string of the molecule is Cc1ccc(C2=C(SCCO)C(=O)N(C(C)C)C2=O)cc1. The summed E-state index contributed by atoms with van der Waals surface area (Å²) in [5.74, 6) is -0.112. The Labute approximate surface area is 128 Å². The van der Waals surface area contributed by atoms with Crippen molar-refractivity contribution >= 4 is 29.1 Å². The summed E-state index contributed by atoms with van der Waals surface area (Å²) in [5.41, 5.74) is 2.30. The molecule has 1 aliphatic rings. The van der Waals surface area contributed by atoms with E-state index in [4.69, 9.17) is 5.11 Å². The molecular formula is C16H19NO3S. The minimum atomic E-state index is -0.260. The summed E-state index contributed by atoms with van der Waals surface area (Å²) in [6, 6.07) is 7.38. The van der Waals surface area contributed by atoms with Crippen LogP contribution in [0.25, 0.3) is 5.57 Å². The van der Waals surface area contributed by atoms with Crippen molar-refractivity contribution in [2.24, 2.45) is 0 Å². The molecule has 0 unspecified atom stereocenters. The maximum Gasteiger partial charge on any atom is 0.268 e. The first kappa shape index (κ1) is 15.8. The summed E-state index contributed by atoms with van der Waals surface area (Å²) < 4.78 is 0. The van der Waals surface area contributed by atoms with E-state index < -0.39 is 0 Å². The second-order valence-corrected chi connectivity index (χ2v) is 6.32. The van der Waals surface area contributed by atoms with Crippen LogP contribution < -0.4 is 0 Å². The molecule has 0 saturated carbocycles. The third-order valence-corrected chi connectivity index (χ3v) is 4.32. The van der Waals surface area contributed by atoms with Gasteiger partial charge in [-0.05, 0) is 26.3 Å². The number of imide groups is 1. The van der Waals surface area contributed by atoms with Crippen molar-refractivity contribution in [3.05, 3.63) is 40.3 Å². The number of aryl methyl sites for hydroxylation is 1. The summed E-state index contributed by atoms with van der Waals surface area (Å²) in [4.78, 5) is 26.8. The summed E-state index contributed by atoms with van der Waals surface area (Å²) in [6.45, 7) is 5.59. The minimum Gasteiger partial charge on any atom is -0.396 e. The highest BCUT2D eigenvalue weighted by molar-refractivity contribution is 8.04. The summed E-state index contributed by atoms with van der Waals surface area (Å²) >= 11 is 1.24. The van der Waals surface area contributed by atoms with E-state index in [0.29, 0.717) is 16.2 Å². The molecule has 0 aromatic heterocycles. The molecule has 112 valence electrons. The zero-order valence-corrected chi connectivity index (χ0v) is 13.2. The molecule has 0 spiro atoms. The molecule has 0 bridgehead atoms. The fourth-order valence-electron chi connectivity index (χ4n) is 2.25. The average molecular weight is 305 g/mol. The van der Waals surface area contributed by atoms with Crippen molar-refractivity contribution in [2.75, 3.05) is 12.4 Å². The largest absolute Gasteiger partial charge is 0.396 e. The third-order valence-electron chi connectivity index (χ3n) is 3.27. The molecular weight excluding hydrogens is 286 g/mol. The van der Waals surface area contributed by atoms with Gasteiger partial charge < -0.3 is 5.11 Å². The first-order chi connectivity index (χ1) is 9.97. The van der Waals surface area contributed by atoms with Gasteiger partial charge in [-0.3, -0.25) is 14.5 Å². The van der Waals surface area contributed by atoms with Crippen LogP contribution in [0.4, 0.5) is 0 Å². The van der Waals surface area contributed by atoms with Crippen LogP contribution in [0.3, 0.4) is 0 Å². The number of rotatable bonds is 5. The molecule has 5 heteroatoms. The predicted molar refractivity (Wildman–Crippen MR) is 84.6 cm³/mol. The van der Waals surface area contributed by atoms with Crippen LogP contribution in [0.1, 0.15) is 25.0 Å². The lowest BCUT2D eigenvalue weighted by atomic mass is 10.0. The molecule has 1 aliphatic heterocycles. The van der Waals surface area contributed by atoms with Gasteiger partial charge >= 0.3 is 0 Å². The van der Waals surface area contributed by atoms with Crippen LogP contribution in [0.2, 0.25) is 0 Å². The van der Waals surface area contributed by atoms with Gasteiger partial charge in [0.15, 0.2) is 0 Å².